The molecule has 0 bridgehead atoms. The summed E-state index contributed by atoms with van der Waals surface area (Å²) in [6.45, 7) is 0. The number of methoxy groups -OCH3 is 2. The normalized spacial score (nSPS) is 14.7. The van der Waals surface area contributed by atoms with Crippen LogP contribution in [0.3, 0.4) is 0 Å². The Bertz CT molecular complexity index is 1780. The van der Waals surface area contributed by atoms with Gasteiger partial charge in [-0.25, -0.2) is 4.90 Å². The van der Waals surface area contributed by atoms with Crippen LogP contribution >= 0.6 is 34.4 Å². The molecule has 0 aromatic heterocycles. The molecule has 11 heteroatoms. The number of rotatable bonds is 10. The van der Waals surface area contributed by atoms with E-state index in [0.29, 0.717) is 38.9 Å². The number of thioether (sulfide) groups is 1. The van der Waals surface area contributed by atoms with Crippen molar-refractivity contribution in [2.75, 3.05) is 24.4 Å². The first-order chi connectivity index (χ1) is 21.8. The van der Waals surface area contributed by atoms with Crippen LogP contribution in [0.15, 0.2) is 108 Å². The summed E-state index contributed by atoms with van der Waals surface area (Å²) in [5.41, 5.74) is 1.84. The maximum Gasteiger partial charge on any atom is 0.272 e. The fourth-order valence-corrected chi connectivity index (χ4v) is 6.16. The number of carbonyl (C=O) groups excluding carboxylic acids is 4. The van der Waals surface area contributed by atoms with Gasteiger partial charge in [0.15, 0.2) is 11.5 Å². The van der Waals surface area contributed by atoms with Gasteiger partial charge in [0.2, 0.25) is 11.8 Å². The van der Waals surface area contributed by atoms with Crippen molar-refractivity contribution in [1.29, 1.82) is 0 Å². The van der Waals surface area contributed by atoms with Crippen LogP contribution in [0, 0.1) is 3.57 Å². The van der Waals surface area contributed by atoms with Gasteiger partial charge in [-0.2, -0.15) is 0 Å². The number of amides is 4. The molecule has 4 aromatic carbocycles. The van der Waals surface area contributed by atoms with Crippen molar-refractivity contribution in [3.63, 3.8) is 0 Å². The second-order valence-corrected chi connectivity index (χ2v) is 12.3. The Morgan fingerprint density at radius 1 is 0.911 bits per heavy atom. The monoisotopic (exact) mass is 733 g/mol. The van der Waals surface area contributed by atoms with Crippen molar-refractivity contribution in [2.45, 2.75) is 16.6 Å². The SMILES string of the molecule is COc1cccc(C=C(NC(=O)c2ccccc2)C(=O)Nc2cccc(SC3CC(=O)N(c4ccc(I)cc4)C3=O)c2)c1OC. The summed E-state index contributed by atoms with van der Waals surface area (Å²) in [7, 11) is 3.00. The minimum absolute atomic E-state index is 0.0295. The molecule has 1 unspecified atom stereocenters. The molecule has 0 spiro atoms. The van der Waals surface area contributed by atoms with E-state index in [0.717, 1.165) is 3.57 Å². The molecule has 45 heavy (non-hydrogen) atoms. The predicted molar refractivity (Wildman–Crippen MR) is 182 cm³/mol. The Balaban J connectivity index is 1.37. The lowest BCUT2D eigenvalue weighted by Crippen LogP contribution is -2.31. The Kier molecular flexibility index (Phi) is 10.2. The minimum atomic E-state index is -0.608. The van der Waals surface area contributed by atoms with Gasteiger partial charge < -0.3 is 20.1 Å². The third-order valence-corrected chi connectivity index (χ3v) is 8.72. The average molecular weight is 734 g/mol. The van der Waals surface area contributed by atoms with Gasteiger partial charge in [0, 0.05) is 31.7 Å². The number of para-hydroxylation sites is 1. The van der Waals surface area contributed by atoms with E-state index >= 15 is 0 Å². The second kappa shape index (κ2) is 14.4. The number of nitrogens with zero attached hydrogens (tertiary/aromatic N) is 1. The van der Waals surface area contributed by atoms with Gasteiger partial charge in [0.25, 0.3) is 11.8 Å². The van der Waals surface area contributed by atoms with E-state index in [4.69, 9.17) is 9.47 Å². The number of imide groups is 1. The van der Waals surface area contributed by atoms with Crippen LogP contribution in [-0.4, -0.2) is 43.1 Å². The third kappa shape index (κ3) is 7.55. The molecule has 1 saturated heterocycles. The van der Waals surface area contributed by atoms with E-state index in [1.807, 2.05) is 12.1 Å². The summed E-state index contributed by atoms with van der Waals surface area (Å²) in [5.74, 6) is -0.742. The van der Waals surface area contributed by atoms with E-state index < -0.39 is 17.1 Å². The number of anilines is 2. The zero-order chi connectivity index (χ0) is 31.9. The van der Waals surface area contributed by atoms with Gasteiger partial charge in [0.05, 0.1) is 25.2 Å². The minimum Gasteiger partial charge on any atom is -0.493 e. The molecule has 5 rings (SSSR count). The number of hydrogen-bond donors (Lipinski definition) is 2. The molecule has 1 fully saturated rings. The molecule has 228 valence electrons. The highest BCUT2D eigenvalue weighted by molar-refractivity contribution is 14.1. The molecule has 9 nitrogen and oxygen atoms in total. The number of nitrogens with one attached hydrogen (secondary N) is 2. The topological polar surface area (TPSA) is 114 Å². The van der Waals surface area contributed by atoms with Gasteiger partial charge in [-0.1, -0.05) is 36.4 Å². The summed E-state index contributed by atoms with van der Waals surface area (Å²) in [5, 5.41) is 4.95. The fourth-order valence-electron chi connectivity index (χ4n) is 4.69. The maximum absolute atomic E-state index is 13.6. The smallest absolute Gasteiger partial charge is 0.272 e. The van der Waals surface area contributed by atoms with Crippen molar-refractivity contribution in [3.05, 3.63) is 117 Å². The lowest BCUT2D eigenvalue weighted by Gasteiger charge is -2.15. The summed E-state index contributed by atoms with van der Waals surface area (Å²) in [4.78, 5) is 54.6. The molecule has 1 heterocycles. The summed E-state index contributed by atoms with van der Waals surface area (Å²) in [6, 6.07) is 27.9. The quantitative estimate of drug-likeness (QED) is 0.114. The molecule has 0 saturated carbocycles. The molecule has 0 radical (unpaired) electrons. The van der Waals surface area contributed by atoms with Crippen molar-refractivity contribution in [2.24, 2.45) is 0 Å². The molecular formula is C34H28IN3O6S. The van der Waals surface area contributed by atoms with Crippen LogP contribution in [0.25, 0.3) is 6.08 Å². The molecular weight excluding hydrogens is 705 g/mol. The van der Waals surface area contributed by atoms with Crippen LogP contribution in [0.5, 0.6) is 11.5 Å². The number of carbonyl (C=O) groups is 4. The number of benzene rings is 4. The molecule has 1 aliphatic rings. The first-order valence-electron chi connectivity index (χ1n) is 13.8. The van der Waals surface area contributed by atoms with E-state index in [-0.39, 0.29) is 23.9 Å². The first kappa shape index (κ1) is 31.8. The van der Waals surface area contributed by atoms with Gasteiger partial charge >= 0.3 is 0 Å². The average Bonchev–Trinajstić information content (AvgIpc) is 3.33. The lowest BCUT2D eigenvalue weighted by atomic mass is 10.1. The van der Waals surface area contributed by atoms with E-state index in [1.54, 1.807) is 84.9 Å². The molecule has 2 N–H and O–H groups in total. The van der Waals surface area contributed by atoms with Crippen molar-refractivity contribution >= 4 is 75.4 Å². The van der Waals surface area contributed by atoms with Crippen LogP contribution in [0.1, 0.15) is 22.3 Å². The molecule has 4 aromatic rings. The third-order valence-electron chi connectivity index (χ3n) is 6.82. The number of hydrogen-bond acceptors (Lipinski definition) is 7. The van der Waals surface area contributed by atoms with Gasteiger partial charge in [-0.05, 0) is 89.3 Å². The lowest BCUT2D eigenvalue weighted by molar-refractivity contribution is -0.121. The number of halogens is 1. The Morgan fingerprint density at radius 3 is 2.36 bits per heavy atom. The zero-order valence-electron chi connectivity index (χ0n) is 24.3. The molecule has 4 amide bonds. The highest BCUT2D eigenvalue weighted by Crippen LogP contribution is 2.35. The summed E-state index contributed by atoms with van der Waals surface area (Å²) >= 11 is 3.42. The number of ether oxygens (including phenoxy) is 2. The Labute approximate surface area is 278 Å². The van der Waals surface area contributed by atoms with Crippen molar-refractivity contribution in [1.82, 2.24) is 5.32 Å². The van der Waals surface area contributed by atoms with Crippen LogP contribution in [0.4, 0.5) is 11.4 Å². The van der Waals surface area contributed by atoms with Crippen molar-refractivity contribution < 1.29 is 28.7 Å². The van der Waals surface area contributed by atoms with Crippen LogP contribution in [0.2, 0.25) is 0 Å². The Morgan fingerprint density at radius 2 is 1.64 bits per heavy atom. The van der Waals surface area contributed by atoms with E-state index in [2.05, 4.69) is 33.2 Å². The standard InChI is InChI=1S/C34H28IN3O6S/c1-43-28-13-6-10-22(31(28)44-2)18-27(37-32(40)21-8-4-3-5-9-21)33(41)36-24-11-7-12-26(19-24)45-29-20-30(39)38(34(29)42)25-16-14-23(35)15-17-25/h3-19,29H,20H2,1-2H3,(H,36,41)(H,37,40). The van der Waals surface area contributed by atoms with E-state index in [9.17, 15) is 19.2 Å². The Hall–Kier alpha value is -4.62. The zero-order valence-corrected chi connectivity index (χ0v) is 27.3. The van der Waals surface area contributed by atoms with Gasteiger partial charge in [-0.15, -0.1) is 11.8 Å². The van der Waals surface area contributed by atoms with Crippen LogP contribution in [-0.2, 0) is 14.4 Å². The summed E-state index contributed by atoms with van der Waals surface area (Å²) in [6.07, 6.45) is 1.57. The highest BCUT2D eigenvalue weighted by Gasteiger charge is 2.40. The van der Waals surface area contributed by atoms with E-state index in [1.165, 1.54) is 37.0 Å². The summed E-state index contributed by atoms with van der Waals surface area (Å²) < 4.78 is 11.9. The largest absolute Gasteiger partial charge is 0.493 e. The van der Waals surface area contributed by atoms with Gasteiger partial charge in [-0.3, -0.25) is 19.2 Å². The maximum atomic E-state index is 13.6. The fraction of sp³-hybridized carbons (Fsp3) is 0.118. The highest BCUT2D eigenvalue weighted by atomic mass is 127. The first-order valence-corrected chi connectivity index (χ1v) is 15.7. The molecule has 1 aliphatic heterocycles. The molecule has 0 aliphatic carbocycles. The van der Waals surface area contributed by atoms with Crippen LogP contribution < -0.4 is 25.0 Å². The molecule has 1 atom stereocenters. The second-order valence-electron chi connectivity index (χ2n) is 9.80. The van der Waals surface area contributed by atoms with Crippen molar-refractivity contribution in [3.8, 4) is 11.5 Å². The van der Waals surface area contributed by atoms with Gasteiger partial charge in [0.1, 0.15) is 5.70 Å². The predicted octanol–water partition coefficient (Wildman–Crippen LogP) is 6.14.